The lowest BCUT2D eigenvalue weighted by Gasteiger charge is -2.45. The minimum absolute atomic E-state index is 0.152. The number of amides is 2. The van der Waals surface area contributed by atoms with Gasteiger partial charge in [-0.2, -0.15) is 0 Å². The molecule has 2 N–H and O–H groups in total. The van der Waals surface area contributed by atoms with Gasteiger partial charge in [-0.15, -0.1) is 0 Å². The molecule has 2 saturated heterocycles. The zero-order chi connectivity index (χ0) is 20.2. The number of fused-ring (bicyclic) bond motifs is 5. The van der Waals surface area contributed by atoms with Gasteiger partial charge >= 0.3 is 5.97 Å². The number of hydrogen-bond donors (Lipinski definition) is 2. The fourth-order valence-corrected chi connectivity index (χ4v) is 4.95. The number of rotatable bonds is 3. The molecule has 0 spiro atoms. The Morgan fingerprint density at radius 2 is 2.21 bits per heavy atom. The van der Waals surface area contributed by atoms with Crippen molar-refractivity contribution in [3.8, 4) is 5.75 Å². The molecule has 1 aromatic rings. The first-order valence-corrected chi connectivity index (χ1v) is 9.56. The molecule has 0 aliphatic carbocycles. The predicted octanol–water partition coefficient (Wildman–Crippen LogP) is 0.661. The molecule has 4 rings (SSSR count). The Hall–Kier alpha value is -2.32. The van der Waals surface area contributed by atoms with Gasteiger partial charge in [-0.05, 0) is 32.0 Å². The average molecular weight is 409 g/mol. The van der Waals surface area contributed by atoms with Crippen LogP contribution >= 0.6 is 11.6 Å². The molecule has 28 heavy (non-hydrogen) atoms. The van der Waals surface area contributed by atoms with E-state index in [-0.39, 0.29) is 13.2 Å². The molecule has 0 aromatic heterocycles. The molecule has 0 saturated carbocycles. The Balaban J connectivity index is 1.91. The predicted molar refractivity (Wildman–Crippen MR) is 97.6 cm³/mol. The topological polar surface area (TPSA) is 105 Å². The quantitative estimate of drug-likeness (QED) is 0.712. The number of ether oxygens (including phenoxy) is 2. The first-order chi connectivity index (χ1) is 13.3. The third-order valence-corrected chi connectivity index (χ3v) is 6.20. The average Bonchev–Trinajstić information content (AvgIpc) is 2.95. The van der Waals surface area contributed by atoms with Crippen molar-refractivity contribution >= 4 is 29.4 Å². The van der Waals surface area contributed by atoms with Gasteiger partial charge in [-0.25, -0.2) is 0 Å². The van der Waals surface area contributed by atoms with Crippen LogP contribution in [0.4, 0.5) is 0 Å². The van der Waals surface area contributed by atoms with Gasteiger partial charge in [0, 0.05) is 16.5 Å². The molecule has 5 atom stereocenters. The first-order valence-electron chi connectivity index (χ1n) is 9.18. The van der Waals surface area contributed by atoms with Gasteiger partial charge in [-0.3, -0.25) is 14.4 Å². The molecule has 2 fully saturated rings. The van der Waals surface area contributed by atoms with Gasteiger partial charge in [0.1, 0.15) is 17.3 Å². The van der Waals surface area contributed by atoms with Crippen LogP contribution in [0, 0.1) is 11.8 Å². The van der Waals surface area contributed by atoms with Crippen molar-refractivity contribution in [1.29, 1.82) is 0 Å². The number of benzene rings is 1. The maximum atomic E-state index is 13.2. The van der Waals surface area contributed by atoms with Crippen molar-refractivity contribution in [2.24, 2.45) is 11.8 Å². The van der Waals surface area contributed by atoms with Crippen LogP contribution in [0.25, 0.3) is 0 Å². The van der Waals surface area contributed by atoms with Gasteiger partial charge in [0.15, 0.2) is 0 Å². The van der Waals surface area contributed by atoms with E-state index in [1.54, 1.807) is 32.0 Å². The molecule has 3 aliphatic heterocycles. The molecule has 9 heteroatoms. The molecule has 1 aromatic carbocycles. The summed E-state index contributed by atoms with van der Waals surface area (Å²) in [6.07, 6.45) is 0. The Morgan fingerprint density at radius 3 is 2.89 bits per heavy atom. The summed E-state index contributed by atoms with van der Waals surface area (Å²) in [5.74, 6) is -2.34. The maximum absolute atomic E-state index is 13.2. The van der Waals surface area contributed by atoms with Crippen LogP contribution in [0.15, 0.2) is 18.2 Å². The minimum Gasteiger partial charge on any atom is -0.493 e. The molecule has 3 aliphatic rings. The number of piperazine rings is 1. The van der Waals surface area contributed by atoms with E-state index in [1.807, 2.05) is 0 Å². The zero-order valence-electron chi connectivity index (χ0n) is 15.5. The van der Waals surface area contributed by atoms with Crippen LogP contribution in [0.3, 0.4) is 0 Å². The number of nitrogens with one attached hydrogen (secondary N) is 1. The number of aliphatic hydroxyl groups excluding tert-OH is 1. The van der Waals surface area contributed by atoms with Crippen molar-refractivity contribution in [1.82, 2.24) is 10.2 Å². The van der Waals surface area contributed by atoms with E-state index in [0.29, 0.717) is 16.3 Å². The van der Waals surface area contributed by atoms with E-state index < -0.39 is 53.8 Å². The molecule has 0 bridgehead atoms. The fourth-order valence-electron chi connectivity index (χ4n) is 4.77. The summed E-state index contributed by atoms with van der Waals surface area (Å²) in [6.45, 7) is 3.03. The summed E-state index contributed by atoms with van der Waals surface area (Å²) in [6, 6.07) is 3.43. The van der Waals surface area contributed by atoms with E-state index in [4.69, 9.17) is 21.1 Å². The molecule has 4 unspecified atom stereocenters. The second-order valence-electron chi connectivity index (χ2n) is 7.40. The SMILES string of the molecule is CCOC(=O)C1C2COc3ccc(Cl)cc3C2N2C(=O)C(CO)NC(=O)[C@@]12C. The molecular weight excluding hydrogens is 388 g/mol. The molecule has 8 nitrogen and oxygen atoms in total. The number of aliphatic hydroxyl groups is 1. The van der Waals surface area contributed by atoms with Gasteiger partial charge in [-0.1, -0.05) is 11.6 Å². The highest BCUT2D eigenvalue weighted by molar-refractivity contribution is 6.30. The number of nitrogens with zero attached hydrogens (tertiary/aromatic N) is 1. The smallest absolute Gasteiger partial charge is 0.312 e. The molecule has 3 heterocycles. The molecule has 2 amide bonds. The summed E-state index contributed by atoms with van der Waals surface area (Å²) in [5.41, 5.74) is -0.820. The van der Waals surface area contributed by atoms with Crippen LogP contribution in [-0.4, -0.2) is 59.2 Å². The lowest BCUT2D eigenvalue weighted by Crippen LogP contribution is -2.70. The summed E-state index contributed by atoms with van der Waals surface area (Å²) in [7, 11) is 0. The Morgan fingerprint density at radius 1 is 1.46 bits per heavy atom. The van der Waals surface area contributed by atoms with Crippen molar-refractivity contribution in [2.45, 2.75) is 31.5 Å². The molecule has 0 radical (unpaired) electrons. The van der Waals surface area contributed by atoms with E-state index in [9.17, 15) is 19.5 Å². The number of hydrogen-bond acceptors (Lipinski definition) is 6. The molecule has 150 valence electrons. The minimum atomic E-state index is -1.46. The monoisotopic (exact) mass is 408 g/mol. The highest BCUT2D eigenvalue weighted by atomic mass is 35.5. The number of carbonyl (C=O) groups is 3. The van der Waals surface area contributed by atoms with E-state index in [1.165, 1.54) is 4.90 Å². The second kappa shape index (κ2) is 6.63. The largest absolute Gasteiger partial charge is 0.493 e. The third kappa shape index (κ3) is 2.44. The number of halogens is 1. The van der Waals surface area contributed by atoms with Crippen LogP contribution in [0.1, 0.15) is 25.5 Å². The molecular formula is C19H21ClN2O6. The third-order valence-electron chi connectivity index (χ3n) is 5.96. The summed E-state index contributed by atoms with van der Waals surface area (Å²) in [5, 5.41) is 12.6. The van der Waals surface area contributed by atoms with Gasteiger partial charge in [0.05, 0.1) is 31.8 Å². The van der Waals surface area contributed by atoms with Crippen molar-refractivity contribution in [3.63, 3.8) is 0 Å². The van der Waals surface area contributed by atoms with Crippen LogP contribution in [0.5, 0.6) is 5.75 Å². The fraction of sp³-hybridized carbons (Fsp3) is 0.526. The van der Waals surface area contributed by atoms with Crippen molar-refractivity contribution < 1.29 is 29.0 Å². The highest BCUT2D eigenvalue weighted by Crippen LogP contribution is 2.56. The van der Waals surface area contributed by atoms with Gasteiger partial charge < -0.3 is 24.8 Å². The lowest BCUT2D eigenvalue weighted by atomic mass is 9.77. The zero-order valence-corrected chi connectivity index (χ0v) is 16.2. The summed E-state index contributed by atoms with van der Waals surface area (Å²) in [4.78, 5) is 40.6. The Bertz CT molecular complexity index is 861. The number of carbonyl (C=O) groups excluding carboxylic acids is 3. The maximum Gasteiger partial charge on any atom is 0.312 e. The van der Waals surface area contributed by atoms with E-state index >= 15 is 0 Å². The van der Waals surface area contributed by atoms with Crippen LogP contribution in [0.2, 0.25) is 5.02 Å². The van der Waals surface area contributed by atoms with Gasteiger partial charge in [0.25, 0.3) is 0 Å². The normalized spacial score (nSPS) is 33.4. The second-order valence-corrected chi connectivity index (χ2v) is 7.83. The van der Waals surface area contributed by atoms with Gasteiger partial charge in [0.2, 0.25) is 11.8 Å². The highest BCUT2D eigenvalue weighted by Gasteiger charge is 2.69. The Kier molecular flexibility index (Phi) is 4.50. The first kappa shape index (κ1) is 19.0. The Labute approximate surface area is 166 Å². The van der Waals surface area contributed by atoms with Crippen molar-refractivity contribution in [3.05, 3.63) is 28.8 Å². The van der Waals surface area contributed by atoms with Crippen LogP contribution in [-0.2, 0) is 19.1 Å². The van der Waals surface area contributed by atoms with E-state index in [2.05, 4.69) is 5.32 Å². The summed E-state index contributed by atoms with van der Waals surface area (Å²) >= 11 is 6.18. The number of esters is 1. The van der Waals surface area contributed by atoms with Crippen LogP contribution < -0.4 is 10.1 Å². The van der Waals surface area contributed by atoms with E-state index in [0.717, 1.165) is 0 Å². The standard InChI is InChI=1S/C19H21ClN2O6/c1-3-27-17(25)14-11-8-28-13-5-4-9(20)6-10(13)15(11)22-16(24)12(7-23)21-18(26)19(14,22)2/h4-6,11-12,14-15,23H,3,7-8H2,1-2H3,(H,21,26)/t11?,12?,14?,15?,19-/m1/s1. The van der Waals surface area contributed by atoms with Crippen molar-refractivity contribution in [2.75, 3.05) is 19.8 Å². The lowest BCUT2D eigenvalue weighted by molar-refractivity contribution is -0.165. The summed E-state index contributed by atoms with van der Waals surface area (Å²) < 4.78 is 11.1.